The van der Waals surface area contributed by atoms with E-state index in [-0.39, 0.29) is 11.0 Å². The molecule has 0 saturated heterocycles. The molecule has 2 aromatic carbocycles. The van der Waals surface area contributed by atoms with Crippen molar-refractivity contribution in [3.05, 3.63) is 64.7 Å². The lowest BCUT2D eigenvalue weighted by Gasteiger charge is -2.09. The third-order valence-electron chi connectivity index (χ3n) is 3.79. The molecule has 0 aliphatic heterocycles. The Kier molecular flexibility index (Phi) is 9.43. The molecule has 6 nitrogen and oxygen atoms in total. The van der Waals surface area contributed by atoms with Gasteiger partial charge < -0.3 is 19.5 Å². The summed E-state index contributed by atoms with van der Waals surface area (Å²) in [4.78, 5) is 12.0. The van der Waals surface area contributed by atoms with Crippen molar-refractivity contribution in [1.82, 2.24) is 10.6 Å². The van der Waals surface area contributed by atoms with Gasteiger partial charge in [-0.2, -0.15) is 0 Å². The first-order valence-corrected chi connectivity index (χ1v) is 9.61. The Morgan fingerprint density at radius 3 is 2.52 bits per heavy atom. The van der Waals surface area contributed by atoms with Crippen molar-refractivity contribution in [3.63, 3.8) is 0 Å². The van der Waals surface area contributed by atoms with E-state index in [9.17, 15) is 4.79 Å². The van der Waals surface area contributed by atoms with Crippen LogP contribution in [0.15, 0.2) is 48.5 Å². The highest BCUT2D eigenvalue weighted by Gasteiger charge is 2.04. The molecule has 8 heteroatoms. The monoisotopic (exact) mass is 434 g/mol. The van der Waals surface area contributed by atoms with E-state index in [0.29, 0.717) is 36.3 Å². The van der Waals surface area contributed by atoms with Crippen molar-refractivity contribution < 1.29 is 19.0 Å². The van der Waals surface area contributed by atoms with E-state index in [1.54, 1.807) is 32.4 Å². The molecule has 0 bridgehead atoms. The number of nitrogens with one attached hydrogen (secondary N) is 2. The normalized spacial score (nSPS) is 10.6. The maximum Gasteiger partial charge on any atom is 0.250 e. The molecule has 0 atom stereocenters. The van der Waals surface area contributed by atoms with Crippen LogP contribution in [0.1, 0.15) is 11.1 Å². The van der Waals surface area contributed by atoms with Crippen molar-refractivity contribution in [2.75, 3.05) is 27.4 Å². The number of ether oxygens (including phenoxy) is 3. The standard InChI is InChI=1S/C21H23ClN2O4S/c1-26-18-9-5-15(13-19(18)27-2)6-10-20(25)24-21(29)23-11-12-28-14-16-3-7-17(22)8-4-16/h3-10,13H,11-12,14H2,1-2H3,(H2,23,24,25,29). The first kappa shape index (κ1) is 22.7. The van der Waals surface area contributed by atoms with Crippen molar-refractivity contribution in [3.8, 4) is 11.5 Å². The Morgan fingerprint density at radius 1 is 1.10 bits per heavy atom. The van der Waals surface area contributed by atoms with Gasteiger partial charge in [0.1, 0.15) is 0 Å². The van der Waals surface area contributed by atoms with Gasteiger partial charge in [-0.1, -0.05) is 29.8 Å². The van der Waals surface area contributed by atoms with Crippen LogP contribution in [0.5, 0.6) is 11.5 Å². The SMILES string of the molecule is COc1ccc(C=CC(=O)NC(=S)NCCOCc2ccc(Cl)cc2)cc1OC. The fourth-order valence-electron chi connectivity index (χ4n) is 2.33. The minimum absolute atomic E-state index is 0.238. The van der Waals surface area contributed by atoms with Gasteiger partial charge in [0.25, 0.3) is 0 Å². The number of rotatable bonds is 9. The van der Waals surface area contributed by atoms with Crippen LogP contribution in [0.2, 0.25) is 5.02 Å². The van der Waals surface area contributed by atoms with E-state index in [1.807, 2.05) is 30.3 Å². The van der Waals surface area contributed by atoms with Crippen molar-refractivity contribution in [2.24, 2.45) is 0 Å². The molecule has 0 heterocycles. The van der Waals surface area contributed by atoms with Crippen LogP contribution in [0, 0.1) is 0 Å². The maximum atomic E-state index is 12.0. The zero-order chi connectivity index (χ0) is 21.1. The number of hydrogen-bond donors (Lipinski definition) is 2. The summed E-state index contributed by atoms with van der Waals surface area (Å²) in [7, 11) is 3.12. The van der Waals surface area contributed by atoms with Gasteiger partial charge in [0.2, 0.25) is 5.91 Å². The van der Waals surface area contributed by atoms with Gasteiger partial charge in [-0.15, -0.1) is 0 Å². The van der Waals surface area contributed by atoms with Crippen molar-refractivity contribution in [1.29, 1.82) is 0 Å². The average Bonchev–Trinajstić information content (AvgIpc) is 2.73. The van der Waals surface area contributed by atoms with Gasteiger partial charge in [-0.05, 0) is 53.7 Å². The first-order valence-electron chi connectivity index (χ1n) is 8.83. The molecule has 0 unspecified atom stereocenters. The van der Waals surface area contributed by atoms with E-state index < -0.39 is 0 Å². The summed E-state index contributed by atoms with van der Waals surface area (Å²) < 4.78 is 16.0. The van der Waals surface area contributed by atoms with Gasteiger partial charge in [-0.3, -0.25) is 10.1 Å². The molecule has 2 aromatic rings. The summed E-state index contributed by atoms with van der Waals surface area (Å²) in [6, 6.07) is 12.8. The number of hydrogen-bond acceptors (Lipinski definition) is 5. The van der Waals surface area contributed by atoms with E-state index in [0.717, 1.165) is 11.1 Å². The van der Waals surface area contributed by atoms with E-state index in [4.69, 9.17) is 38.0 Å². The number of amides is 1. The van der Waals surface area contributed by atoms with Crippen LogP contribution in [0.4, 0.5) is 0 Å². The van der Waals surface area contributed by atoms with Gasteiger partial charge >= 0.3 is 0 Å². The third-order valence-corrected chi connectivity index (χ3v) is 4.28. The lowest BCUT2D eigenvalue weighted by atomic mass is 10.2. The lowest BCUT2D eigenvalue weighted by Crippen LogP contribution is -2.39. The lowest BCUT2D eigenvalue weighted by molar-refractivity contribution is -0.115. The van der Waals surface area contributed by atoms with Crippen molar-refractivity contribution >= 4 is 40.9 Å². The summed E-state index contributed by atoms with van der Waals surface area (Å²) >= 11 is 10.9. The Morgan fingerprint density at radius 2 is 1.83 bits per heavy atom. The Bertz CT molecular complexity index is 856. The summed E-state index contributed by atoms with van der Waals surface area (Å²) in [5.41, 5.74) is 1.83. The van der Waals surface area contributed by atoms with Crippen molar-refractivity contribution in [2.45, 2.75) is 6.61 Å². The zero-order valence-corrected chi connectivity index (χ0v) is 17.8. The smallest absolute Gasteiger partial charge is 0.250 e. The number of halogens is 1. The fourth-order valence-corrected chi connectivity index (χ4v) is 2.66. The average molecular weight is 435 g/mol. The first-order chi connectivity index (χ1) is 14.0. The molecular weight excluding hydrogens is 412 g/mol. The molecule has 1 amide bonds. The number of methoxy groups -OCH3 is 2. The number of carbonyl (C=O) groups excluding carboxylic acids is 1. The molecule has 0 saturated carbocycles. The predicted molar refractivity (Wildman–Crippen MR) is 118 cm³/mol. The summed E-state index contributed by atoms with van der Waals surface area (Å²) in [6.07, 6.45) is 3.06. The molecule has 0 fully saturated rings. The number of benzene rings is 2. The summed E-state index contributed by atoms with van der Waals surface area (Å²) in [5, 5.41) is 6.44. The highest BCUT2D eigenvalue weighted by molar-refractivity contribution is 7.80. The Hall–Kier alpha value is -2.61. The third kappa shape index (κ3) is 8.11. The van der Waals surface area contributed by atoms with Gasteiger partial charge in [0.05, 0.1) is 27.4 Å². The molecular formula is C21H23ClN2O4S. The topological polar surface area (TPSA) is 68.8 Å². The molecule has 2 rings (SSSR count). The number of thiocarbonyl (C=S) groups is 1. The largest absolute Gasteiger partial charge is 0.493 e. The number of carbonyl (C=O) groups is 1. The highest BCUT2D eigenvalue weighted by atomic mass is 35.5. The van der Waals surface area contributed by atoms with Crippen LogP contribution in [0.3, 0.4) is 0 Å². The zero-order valence-electron chi connectivity index (χ0n) is 16.2. The quantitative estimate of drug-likeness (QED) is 0.357. The van der Waals surface area contributed by atoms with Gasteiger partial charge in [0, 0.05) is 17.6 Å². The molecule has 2 N–H and O–H groups in total. The fraction of sp³-hybridized carbons (Fsp3) is 0.238. The molecule has 0 spiro atoms. The second kappa shape index (κ2) is 12.1. The maximum absolute atomic E-state index is 12.0. The second-order valence-electron chi connectivity index (χ2n) is 5.87. The predicted octanol–water partition coefficient (Wildman–Crippen LogP) is 3.58. The van der Waals surface area contributed by atoms with E-state index in [2.05, 4.69) is 10.6 Å². The minimum Gasteiger partial charge on any atom is -0.493 e. The molecule has 29 heavy (non-hydrogen) atoms. The molecule has 0 aliphatic carbocycles. The van der Waals surface area contributed by atoms with Crippen LogP contribution in [-0.2, 0) is 16.1 Å². The Balaban J connectivity index is 1.68. The summed E-state index contributed by atoms with van der Waals surface area (Å²) in [5.74, 6) is 0.878. The van der Waals surface area contributed by atoms with E-state index in [1.165, 1.54) is 6.08 Å². The Labute approximate surface area is 180 Å². The highest BCUT2D eigenvalue weighted by Crippen LogP contribution is 2.27. The molecule has 0 aromatic heterocycles. The van der Waals surface area contributed by atoms with Crippen LogP contribution in [-0.4, -0.2) is 38.4 Å². The molecule has 0 radical (unpaired) electrons. The summed E-state index contributed by atoms with van der Waals surface area (Å²) in [6.45, 7) is 1.40. The van der Waals surface area contributed by atoms with Crippen LogP contribution < -0.4 is 20.1 Å². The van der Waals surface area contributed by atoms with E-state index >= 15 is 0 Å². The minimum atomic E-state index is -0.334. The van der Waals surface area contributed by atoms with Crippen LogP contribution >= 0.6 is 23.8 Å². The van der Waals surface area contributed by atoms with Gasteiger partial charge in [0.15, 0.2) is 16.6 Å². The van der Waals surface area contributed by atoms with Gasteiger partial charge in [-0.25, -0.2) is 0 Å². The molecule has 0 aliphatic rings. The van der Waals surface area contributed by atoms with Crippen LogP contribution in [0.25, 0.3) is 6.08 Å². The second-order valence-corrected chi connectivity index (χ2v) is 6.72. The molecule has 154 valence electrons.